The molecule has 3 aliphatic rings. The van der Waals surface area contributed by atoms with E-state index in [0.717, 1.165) is 44.9 Å². The van der Waals surface area contributed by atoms with Crippen molar-refractivity contribution < 1.29 is 13.2 Å². The third-order valence-electron chi connectivity index (χ3n) is 5.37. The van der Waals surface area contributed by atoms with Crippen LogP contribution in [-0.2, 0) is 14.8 Å². The second-order valence-corrected chi connectivity index (χ2v) is 9.16. The quantitative estimate of drug-likeness (QED) is 0.701. The maximum atomic E-state index is 12.5. The third kappa shape index (κ3) is 3.32. The molecule has 1 aliphatic carbocycles. The van der Waals surface area contributed by atoms with Crippen LogP contribution in [-0.4, -0.2) is 54.5 Å². The zero-order valence-corrected chi connectivity index (χ0v) is 14.4. The molecular formula is C16H28N2O3S. The highest BCUT2D eigenvalue weighted by Gasteiger charge is 2.46. The van der Waals surface area contributed by atoms with Gasteiger partial charge in [-0.3, -0.25) is 4.79 Å². The van der Waals surface area contributed by atoms with Crippen molar-refractivity contribution in [2.45, 2.75) is 70.4 Å². The molecule has 2 saturated heterocycles. The summed E-state index contributed by atoms with van der Waals surface area (Å²) in [6.07, 6.45) is 7.31. The van der Waals surface area contributed by atoms with E-state index in [-0.39, 0.29) is 11.8 Å². The van der Waals surface area contributed by atoms with Gasteiger partial charge in [-0.25, -0.2) is 12.7 Å². The number of sulfonamides is 1. The van der Waals surface area contributed by atoms with Crippen molar-refractivity contribution in [2.75, 3.05) is 18.8 Å². The molecule has 22 heavy (non-hydrogen) atoms. The first-order chi connectivity index (χ1) is 10.5. The molecule has 0 aromatic heterocycles. The molecule has 2 aliphatic heterocycles. The number of likely N-dealkylation sites (tertiary alicyclic amines) is 1. The summed E-state index contributed by atoms with van der Waals surface area (Å²) < 4.78 is 26.6. The first-order valence-electron chi connectivity index (χ1n) is 8.82. The average molecular weight is 328 g/mol. The van der Waals surface area contributed by atoms with Crippen molar-refractivity contribution in [3.05, 3.63) is 0 Å². The van der Waals surface area contributed by atoms with Crippen molar-refractivity contribution in [3.63, 3.8) is 0 Å². The van der Waals surface area contributed by atoms with Gasteiger partial charge in [-0.1, -0.05) is 19.8 Å². The highest BCUT2D eigenvalue weighted by Crippen LogP contribution is 2.39. The van der Waals surface area contributed by atoms with Crippen LogP contribution in [0.15, 0.2) is 0 Å². The van der Waals surface area contributed by atoms with Crippen LogP contribution in [0.25, 0.3) is 0 Å². The Morgan fingerprint density at radius 1 is 1.14 bits per heavy atom. The lowest BCUT2D eigenvalue weighted by Crippen LogP contribution is -2.57. The predicted octanol–water partition coefficient (Wildman–Crippen LogP) is 1.98. The Kier molecular flexibility index (Phi) is 4.78. The van der Waals surface area contributed by atoms with Gasteiger partial charge >= 0.3 is 0 Å². The van der Waals surface area contributed by atoms with E-state index in [2.05, 4.69) is 11.8 Å². The summed E-state index contributed by atoms with van der Waals surface area (Å²) in [6, 6.07) is 0.740. The molecule has 2 atom stereocenters. The van der Waals surface area contributed by atoms with Gasteiger partial charge in [0.05, 0.1) is 5.75 Å². The van der Waals surface area contributed by atoms with Crippen LogP contribution in [0.3, 0.4) is 0 Å². The highest BCUT2D eigenvalue weighted by atomic mass is 32.2. The normalized spacial score (nSPS) is 30.4. The Balaban J connectivity index is 1.63. The van der Waals surface area contributed by atoms with E-state index in [1.807, 2.05) is 0 Å². The number of fused-ring (bicyclic) bond motifs is 1. The number of hydrogen-bond acceptors (Lipinski definition) is 3. The van der Waals surface area contributed by atoms with Crippen molar-refractivity contribution in [3.8, 4) is 0 Å². The van der Waals surface area contributed by atoms with Crippen LogP contribution in [0.4, 0.5) is 0 Å². The minimum Gasteiger partial charge on any atom is -0.336 e. The second kappa shape index (κ2) is 6.48. The lowest BCUT2D eigenvalue weighted by molar-refractivity contribution is -0.141. The minimum atomic E-state index is -3.11. The molecular weight excluding hydrogens is 300 g/mol. The number of carbonyl (C=O) groups excluding carboxylic acids is 1. The summed E-state index contributed by atoms with van der Waals surface area (Å²) in [5.74, 6) is 0.916. The van der Waals surface area contributed by atoms with Gasteiger partial charge in [0.15, 0.2) is 0 Å². The van der Waals surface area contributed by atoms with Gasteiger partial charge in [-0.05, 0) is 38.0 Å². The van der Waals surface area contributed by atoms with Gasteiger partial charge in [0, 0.05) is 31.6 Å². The van der Waals surface area contributed by atoms with E-state index in [4.69, 9.17) is 0 Å². The van der Waals surface area contributed by atoms with Gasteiger partial charge in [-0.15, -0.1) is 0 Å². The van der Waals surface area contributed by atoms with Crippen molar-refractivity contribution in [2.24, 2.45) is 5.92 Å². The number of rotatable bonds is 6. The lowest BCUT2D eigenvalue weighted by Gasteiger charge is -2.46. The zero-order valence-electron chi connectivity index (χ0n) is 13.5. The number of nitrogens with zero attached hydrogens (tertiary/aromatic N) is 2. The number of piperidine rings is 2. The Morgan fingerprint density at radius 2 is 1.91 bits per heavy atom. The Morgan fingerprint density at radius 3 is 2.59 bits per heavy atom. The minimum absolute atomic E-state index is 0.281. The summed E-state index contributed by atoms with van der Waals surface area (Å²) in [6.45, 7) is 3.30. The number of carbonyl (C=O) groups is 1. The van der Waals surface area contributed by atoms with Crippen LogP contribution < -0.4 is 0 Å². The molecule has 1 saturated carbocycles. The fraction of sp³-hybridized carbons (Fsp3) is 0.938. The van der Waals surface area contributed by atoms with Crippen molar-refractivity contribution in [1.29, 1.82) is 0 Å². The Hall–Kier alpha value is -0.620. The van der Waals surface area contributed by atoms with E-state index < -0.39 is 10.0 Å². The fourth-order valence-corrected chi connectivity index (χ4v) is 5.63. The summed E-state index contributed by atoms with van der Waals surface area (Å²) >= 11 is 0. The monoisotopic (exact) mass is 328 g/mol. The van der Waals surface area contributed by atoms with Gasteiger partial charge in [-0.2, -0.15) is 0 Å². The molecule has 0 spiro atoms. The molecule has 1 amide bonds. The highest BCUT2D eigenvalue weighted by molar-refractivity contribution is 7.89. The van der Waals surface area contributed by atoms with Crippen LogP contribution in [0.2, 0.25) is 0 Å². The molecule has 5 nitrogen and oxygen atoms in total. The van der Waals surface area contributed by atoms with E-state index in [1.165, 1.54) is 0 Å². The standard InChI is InChI=1S/C16H28N2O3S/c1-2-3-4-11-22(20,21)17-10-9-15-13(12-17)5-8-16(19)18(15)14-6-7-14/h13-15H,2-12H2,1H3. The average Bonchev–Trinajstić information content (AvgIpc) is 3.31. The van der Waals surface area contributed by atoms with E-state index in [9.17, 15) is 13.2 Å². The Labute approximate surface area is 134 Å². The predicted molar refractivity (Wildman–Crippen MR) is 85.9 cm³/mol. The van der Waals surface area contributed by atoms with Gasteiger partial charge in [0.1, 0.15) is 0 Å². The largest absolute Gasteiger partial charge is 0.336 e. The first kappa shape index (κ1) is 16.2. The number of hydrogen-bond donors (Lipinski definition) is 0. The molecule has 0 bridgehead atoms. The van der Waals surface area contributed by atoms with E-state index in [1.54, 1.807) is 4.31 Å². The number of unbranched alkanes of at least 4 members (excludes halogenated alkanes) is 2. The SMILES string of the molecule is CCCCCS(=O)(=O)N1CCC2C(CCC(=O)N2C2CC2)C1. The Bertz CT molecular complexity index is 515. The molecule has 0 radical (unpaired) electrons. The molecule has 0 aromatic rings. The maximum absolute atomic E-state index is 12.5. The molecule has 0 aromatic carbocycles. The first-order valence-corrected chi connectivity index (χ1v) is 10.4. The molecule has 3 fully saturated rings. The molecule has 126 valence electrons. The van der Waals surface area contributed by atoms with Crippen LogP contribution in [0, 0.1) is 5.92 Å². The van der Waals surface area contributed by atoms with Gasteiger partial charge in [0.25, 0.3) is 0 Å². The molecule has 3 rings (SSSR count). The lowest BCUT2D eigenvalue weighted by atomic mass is 9.84. The van der Waals surface area contributed by atoms with Crippen molar-refractivity contribution in [1.82, 2.24) is 9.21 Å². The van der Waals surface area contributed by atoms with Crippen molar-refractivity contribution >= 4 is 15.9 Å². The zero-order chi connectivity index (χ0) is 15.7. The smallest absolute Gasteiger partial charge is 0.223 e. The van der Waals surface area contributed by atoms with Crippen LogP contribution in [0.5, 0.6) is 0 Å². The number of amides is 1. The van der Waals surface area contributed by atoms with Crippen LogP contribution in [0.1, 0.15) is 58.3 Å². The summed E-state index contributed by atoms with van der Waals surface area (Å²) in [4.78, 5) is 14.3. The van der Waals surface area contributed by atoms with Gasteiger partial charge < -0.3 is 4.90 Å². The molecule has 0 N–H and O–H groups in total. The molecule has 2 unspecified atom stereocenters. The summed E-state index contributed by atoms with van der Waals surface area (Å²) in [7, 11) is -3.11. The fourth-order valence-electron chi connectivity index (χ4n) is 4.00. The molecule has 2 heterocycles. The topological polar surface area (TPSA) is 57.7 Å². The van der Waals surface area contributed by atoms with Gasteiger partial charge in [0.2, 0.25) is 15.9 Å². The third-order valence-corrected chi connectivity index (χ3v) is 7.29. The van der Waals surface area contributed by atoms with Crippen LogP contribution >= 0.6 is 0 Å². The molecule has 6 heteroatoms. The summed E-state index contributed by atoms with van der Waals surface area (Å²) in [5, 5.41) is 0. The summed E-state index contributed by atoms with van der Waals surface area (Å²) in [5.41, 5.74) is 0. The van der Waals surface area contributed by atoms with E-state index >= 15 is 0 Å². The maximum Gasteiger partial charge on any atom is 0.223 e. The van der Waals surface area contributed by atoms with E-state index in [0.29, 0.717) is 37.4 Å². The second-order valence-electron chi connectivity index (χ2n) is 7.07.